The summed E-state index contributed by atoms with van der Waals surface area (Å²) < 4.78 is 55.4. The first-order valence-corrected chi connectivity index (χ1v) is 10.9. The van der Waals surface area contributed by atoms with Gasteiger partial charge in [-0.2, -0.15) is 13.5 Å². The summed E-state index contributed by atoms with van der Waals surface area (Å²) in [7, 11) is -8.09. The van der Waals surface area contributed by atoms with E-state index in [1.807, 2.05) is 0 Å². The molecule has 0 heterocycles. The van der Waals surface area contributed by atoms with Crippen LogP contribution in [0.25, 0.3) is 10.8 Å². The van der Waals surface area contributed by atoms with Gasteiger partial charge in [-0.3, -0.25) is 4.55 Å². The van der Waals surface area contributed by atoms with Gasteiger partial charge in [0.1, 0.15) is 11.4 Å². The van der Waals surface area contributed by atoms with E-state index in [0.717, 1.165) is 17.5 Å². The Kier molecular flexibility index (Phi) is 5.13. The number of aromatic hydroxyl groups is 1. The summed E-state index contributed by atoms with van der Waals surface area (Å²) >= 11 is 0. The number of sulfone groups is 1. The number of nitrogens with two attached hydrogens (primary N) is 1. The first-order valence-electron chi connectivity index (χ1n) is 7.95. The van der Waals surface area contributed by atoms with E-state index in [2.05, 4.69) is 16.8 Å². The highest BCUT2D eigenvalue weighted by Gasteiger charge is 2.17. The fourth-order valence-electron chi connectivity index (χ4n) is 2.58. The molecule has 0 radical (unpaired) electrons. The number of phenols is 1. The van der Waals surface area contributed by atoms with E-state index in [0.29, 0.717) is 5.69 Å². The Hall–Kier alpha value is -3.28. The summed E-state index contributed by atoms with van der Waals surface area (Å²) in [5.74, 6) is -0.455. The van der Waals surface area contributed by atoms with Gasteiger partial charge in [-0.1, -0.05) is 12.6 Å². The summed E-state index contributed by atoms with van der Waals surface area (Å²) in [6.45, 7) is 3.25. The molecular formula is C18H15N3O6S2. The number of anilines is 1. The summed E-state index contributed by atoms with van der Waals surface area (Å²) in [5.41, 5.74) is 6.49. The Balaban J connectivity index is 2.08. The van der Waals surface area contributed by atoms with Crippen LogP contribution in [0.4, 0.5) is 17.1 Å². The van der Waals surface area contributed by atoms with Crippen molar-refractivity contribution in [3.05, 3.63) is 60.5 Å². The van der Waals surface area contributed by atoms with E-state index in [4.69, 9.17) is 5.73 Å². The number of fused-ring (bicyclic) bond motifs is 1. The molecule has 0 bridgehead atoms. The minimum atomic E-state index is -4.51. The molecule has 0 atom stereocenters. The van der Waals surface area contributed by atoms with Gasteiger partial charge < -0.3 is 10.8 Å². The quantitative estimate of drug-likeness (QED) is 0.314. The minimum Gasteiger partial charge on any atom is -0.507 e. The second kappa shape index (κ2) is 7.28. The normalized spacial score (nSPS) is 12.4. The first kappa shape index (κ1) is 20.5. The Morgan fingerprint density at radius 1 is 0.931 bits per heavy atom. The standard InChI is InChI=1S/C18H15N3O6S2/c1-2-28(23,24)13-6-4-12(5-7-13)20-21-18-15(19)8-3-11-9-14(29(25,26)27)10-16(22)17(11)18/h2-10,22H,1,19H2,(H,25,26,27)/b21-20+. The molecule has 0 spiro atoms. The zero-order chi connectivity index (χ0) is 21.4. The lowest BCUT2D eigenvalue weighted by molar-refractivity contribution is 0.471. The van der Waals surface area contributed by atoms with Gasteiger partial charge in [0, 0.05) is 11.5 Å². The Bertz CT molecular complexity index is 1360. The average Bonchev–Trinajstić information content (AvgIpc) is 2.67. The number of nitrogens with zero attached hydrogens (tertiary/aromatic N) is 2. The number of benzene rings is 3. The molecule has 0 fully saturated rings. The molecule has 3 aromatic carbocycles. The van der Waals surface area contributed by atoms with Crippen LogP contribution >= 0.6 is 0 Å². The van der Waals surface area contributed by atoms with E-state index in [1.54, 1.807) is 0 Å². The van der Waals surface area contributed by atoms with E-state index in [-0.39, 0.29) is 27.0 Å². The molecule has 0 saturated carbocycles. The molecule has 11 heteroatoms. The van der Waals surface area contributed by atoms with Crippen molar-refractivity contribution < 1.29 is 26.5 Å². The fourth-order valence-corrected chi connectivity index (χ4v) is 3.82. The lowest BCUT2D eigenvalue weighted by atomic mass is 10.1. The Morgan fingerprint density at radius 2 is 1.59 bits per heavy atom. The topological polar surface area (TPSA) is 159 Å². The molecule has 0 aliphatic heterocycles. The molecule has 0 unspecified atom stereocenters. The molecule has 0 saturated heterocycles. The van der Waals surface area contributed by atoms with Gasteiger partial charge >= 0.3 is 0 Å². The van der Waals surface area contributed by atoms with E-state index in [1.165, 1.54) is 36.4 Å². The molecular weight excluding hydrogens is 418 g/mol. The SMILES string of the molecule is C=CS(=O)(=O)c1ccc(/N=N/c2c(N)ccc3cc(S(=O)(=O)O)cc(O)c23)cc1. The van der Waals surface area contributed by atoms with Crippen LogP contribution in [0.1, 0.15) is 0 Å². The maximum absolute atomic E-state index is 11.7. The van der Waals surface area contributed by atoms with Crippen LogP contribution in [-0.4, -0.2) is 26.5 Å². The van der Waals surface area contributed by atoms with Crippen molar-refractivity contribution in [1.82, 2.24) is 0 Å². The van der Waals surface area contributed by atoms with E-state index < -0.39 is 30.6 Å². The van der Waals surface area contributed by atoms with Crippen LogP contribution in [0.5, 0.6) is 5.75 Å². The molecule has 0 aliphatic rings. The maximum Gasteiger partial charge on any atom is 0.294 e. The smallest absolute Gasteiger partial charge is 0.294 e. The molecule has 150 valence electrons. The van der Waals surface area contributed by atoms with Crippen LogP contribution in [0.15, 0.2) is 80.5 Å². The predicted molar refractivity (Wildman–Crippen MR) is 108 cm³/mol. The van der Waals surface area contributed by atoms with Gasteiger partial charge in [-0.25, -0.2) is 8.42 Å². The highest BCUT2D eigenvalue weighted by atomic mass is 32.2. The van der Waals surface area contributed by atoms with Crippen LogP contribution in [0.3, 0.4) is 0 Å². The van der Waals surface area contributed by atoms with E-state index >= 15 is 0 Å². The largest absolute Gasteiger partial charge is 0.507 e. The van der Waals surface area contributed by atoms with Gasteiger partial charge in [-0.05, 0) is 41.8 Å². The highest BCUT2D eigenvalue weighted by Crippen LogP contribution is 2.40. The third-order valence-electron chi connectivity index (χ3n) is 4.02. The number of rotatable bonds is 5. The van der Waals surface area contributed by atoms with Crippen molar-refractivity contribution in [2.45, 2.75) is 9.79 Å². The lowest BCUT2D eigenvalue weighted by Gasteiger charge is -2.09. The second-order valence-electron chi connectivity index (χ2n) is 5.92. The van der Waals surface area contributed by atoms with Crippen LogP contribution in [-0.2, 0) is 20.0 Å². The molecule has 3 aromatic rings. The first-order chi connectivity index (χ1) is 13.5. The van der Waals surface area contributed by atoms with E-state index in [9.17, 15) is 26.5 Å². The molecule has 0 aliphatic carbocycles. The van der Waals surface area contributed by atoms with Gasteiger partial charge in [0.15, 0.2) is 9.84 Å². The van der Waals surface area contributed by atoms with Crippen molar-refractivity contribution in [2.75, 3.05) is 5.73 Å². The maximum atomic E-state index is 11.7. The van der Waals surface area contributed by atoms with Gasteiger partial charge in [0.25, 0.3) is 10.1 Å². The highest BCUT2D eigenvalue weighted by molar-refractivity contribution is 7.94. The molecule has 29 heavy (non-hydrogen) atoms. The Morgan fingerprint density at radius 3 is 2.17 bits per heavy atom. The van der Waals surface area contributed by atoms with Crippen molar-refractivity contribution >= 4 is 47.8 Å². The van der Waals surface area contributed by atoms with Crippen LogP contribution in [0.2, 0.25) is 0 Å². The fraction of sp³-hybridized carbons (Fsp3) is 0. The summed E-state index contributed by atoms with van der Waals surface area (Å²) in [4.78, 5) is -0.430. The van der Waals surface area contributed by atoms with Crippen molar-refractivity contribution in [1.29, 1.82) is 0 Å². The van der Waals surface area contributed by atoms with Crippen LogP contribution in [0, 0.1) is 0 Å². The molecule has 0 aromatic heterocycles. The predicted octanol–water partition coefficient (Wildman–Crippen LogP) is 3.71. The second-order valence-corrected chi connectivity index (χ2v) is 9.24. The Labute approximate surface area is 166 Å². The molecule has 4 N–H and O–H groups in total. The van der Waals surface area contributed by atoms with Gasteiger partial charge in [-0.15, -0.1) is 5.11 Å². The third-order valence-corrected chi connectivity index (χ3v) is 6.22. The van der Waals surface area contributed by atoms with Crippen molar-refractivity contribution in [3.8, 4) is 5.75 Å². The monoisotopic (exact) mass is 433 g/mol. The zero-order valence-corrected chi connectivity index (χ0v) is 16.4. The summed E-state index contributed by atoms with van der Waals surface area (Å²) in [5, 5.41) is 19.5. The molecule has 3 rings (SSSR count). The van der Waals surface area contributed by atoms with Crippen molar-refractivity contribution in [2.24, 2.45) is 10.2 Å². The minimum absolute atomic E-state index is 0.0477. The number of hydrogen-bond donors (Lipinski definition) is 3. The average molecular weight is 433 g/mol. The molecule has 0 amide bonds. The lowest BCUT2D eigenvalue weighted by Crippen LogP contribution is -1.98. The number of phenolic OH excluding ortho intramolecular Hbond substituents is 1. The van der Waals surface area contributed by atoms with Gasteiger partial charge in [0.2, 0.25) is 0 Å². The number of azo groups is 1. The molecule has 9 nitrogen and oxygen atoms in total. The number of nitrogen functional groups attached to an aromatic ring is 1. The summed E-state index contributed by atoms with van der Waals surface area (Å²) in [6, 6.07) is 10.5. The van der Waals surface area contributed by atoms with Crippen LogP contribution < -0.4 is 5.73 Å². The summed E-state index contributed by atoms with van der Waals surface area (Å²) in [6.07, 6.45) is 0. The van der Waals surface area contributed by atoms with Gasteiger partial charge in [0.05, 0.1) is 26.6 Å². The zero-order valence-electron chi connectivity index (χ0n) is 14.7. The number of hydrogen-bond acceptors (Lipinski definition) is 8. The van der Waals surface area contributed by atoms with Crippen molar-refractivity contribution in [3.63, 3.8) is 0 Å². The third kappa shape index (κ3) is 4.11.